The Morgan fingerprint density at radius 3 is 2.50 bits per heavy atom. The van der Waals surface area contributed by atoms with Gasteiger partial charge in [0.25, 0.3) is 5.56 Å². The number of nitrogens with zero attached hydrogens (tertiary/aromatic N) is 1. The molecule has 5 N–H and O–H groups in total. The molecule has 2 heterocycles. The molecule has 3 aromatic rings. The van der Waals surface area contributed by atoms with E-state index < -0.39 is 11.4 Å². The van der Waals surface area contributed by atoms with Crippen molar-refractivity contribution in [2.24, 2.45) is 0 Å². The highest BCUT2D eigenvalue weighted by Gasteiger charge is 2.24. The number of hydrazine groups is 2. The van der Waals surface area contributed by atoms with E-state index in [4.69, 9.17) is 9.84 Å². The van der Waals surface area contributed by atoms with Crippen LogP contribution in [0.2, 0.25) is 0 Å². The molecule has 0 radical (unpaired) electrons. The van der Waals surface area contributed by atoms with Gasteiger partial charge in [0.05, 0.1) is 18.6 Å². The minimum absolute atomic E-state index is 0.0570. The molecule has 0 atom stereocenters. The van der Waals surface area contributed by atoms with Gasteiger partial charge in [-0.25, -0.2) is 4.98 Å². The molecular weight excluding hydrogens is 410 g/mol. The molecule has 0 amide bonds. The fourth-order valence-corrected chi connectivity index (χ4v) is 3.73. The van der Waals surface area contributed by atoms with E-state index in [0.29, 0.717) is 35.2 Å². The van der Waals surface area contributed by atoms with Gasteiger partial charge < -0.3 is 14.8 Å². The first-order valence-corrected chi connectivity index (χ1v) is 10.3. The second-order valence-corrected chi connectivity index (χ2v) is 8.19. The third-order valence-corrected chi connectivity index (χ3v) is 5.42. The molecule has 32 heavy (non-hydrogen) atoms. The van der Waals surface area contributed by atoms with Crippen LogP contribution in [0.4, 0.5) is 11.5 Å². The van der Waals surface area contributed by atoms with Crippen LogP contribution in [-0.4, -0.2) is 27.7 Å². The van der Waals surface area contributed by atoms with E-state index in [9.17, 15) is 9.59 Å². The molecule has 2 aromatic carbocycles. The van der Waals surface area contributed by atoms with Crippen LogP contribution in [0, 0.1) is 0 Å². The number of benzene rings is 2. The Bertz CT molecular complexity index is 1220. The number of nitrogens with one attached hydrogen (secondary N) is 4. The average molecular weight is 435 g/mol. The van der Waals surface area contributed by atoms with Gasteiger partial charge in [-0.1, -0.05) is 44.2 Å². The largest absolute Gasteiger partial charge is 0.493 e. The van der Waals surface area contributed by atoms with Gasteiger partial charge in [0.2, 0.25) is 0 Å². The van der Waals surface area contributed by atoms with E-state index >= 15 is 0 Å². The van der Waals surface area contributed by atoms with E-state index in [1.165, 1.54) is 0 Å². The monoisotopic (exact) mass is 435 g/mol. The van der Waals surface area contributed by atoms with Crippen molar-refractivity contribution in [2.45, 2.75) is 32.6 Å². The molecule has 0 fully saturated rings. The number of rotatable bonds is 7. The summed E-state index contributed by atoms with van der Waals surface area (Å²) in [6.45, 7) is 6.18. The summed E-state index contributed by atoms with van der Waals surface area (Å²) in [5.74, 6) is 0.584. The maximum absolute atomic E-state index is 12.3. The van der Waals surface area contributed by atoms with E-state index in [1.807, 2.05) is 63.2 Å². The van der Waals surface area contributed by atoms with Gasteiger partial charge in [0.15, 0.2) is 11.5 Å². The number of carbonyl (C=O) groups is 1. The predicted octanol–water partition coefficient (Wildman–Crippen LogP) is 3.51. The van der Waals surface area contributed by atoms with Crippen molar-refractivity contribution in [3.05, 3.63) is 58.4 Å². The van der Waals surface area contributed by atoms with Crippen molar-refractivity contribution in [1.29, 1.82) is 0 Å². The summed E-state index contributed by atoms with van der Waals surface area (Å²) in [5.41, 5.74) is 11.3. The number of hydrogen-bond donors (Lipinski definition) is 5. The molecule has 9 heteroatoms. The molecule has 1 aromatic heterocycles. The van der Waals surface area contributed by atoms with Gasteiger partial charge in [-0.05, 0) is 35.7 Å². The topological polar surface area (TPSA) is 128 Å². The Balaban J connectivity index is 1.69. The van der Waals surface area contributed by atoms with Gasteiger partial charge in [-0.3, -0.25) is 20.4 Å². The molecule has 0 saturated heterocycles. The molecule has 1 aliphatic heterocycles. The SMILES string of the molecule is CCOc1cc(-c2ccc(C(C)(C)CC(=O)O)cc2)ccc1-c1nc2c(c(=O)[nH]1)NNN2. The Hall–Kier alpha value is -3.85. The minimum Gasteiger partial charge on any atom is -0.493 e. The Labute approximate surface area is 184 Å². The highest BCUT2D eigenvalue weighted by Crippen LogP contribution is 2.35. The summed E-state index contributed by atoms with van der Waals surface area (Å²) < 4.78 is 5.86. The maximum atomic E-state index is 12.3. The van der Waals surface area contributed by atoms with Crippen LogP contribution in [0.5, 0.6) is 5.75 Å². The Kier molecular flexibility index (Phi) is 5.58. The highest BCUT2D eigenvalue weighted by molar-refractivity contribution is 5.76. The van der Waals surface area contributed by atoms with Crippen molar-refractivity contribution < 1.29 is 14.6 Å². The summed E-state index contributed by atoms with van der Waals surface area (Å²) in [6.07, 6.45) is 0.0570. The van der Waals surface area contributed by atoms with Crippen LogP contribution in [0.25, 0.3) is 22.5 Å². The van der Waals surface area contributed by atoms with E-state index in [0.717, 1.165) is 16.7 Å². The third-order valence-electron chi connectivity index (χ3n) is 5.42. The summed E-state index contributed by atoms with van der Waals surface area (Å²) >= 11 is 0. The number of aliphatic carboxylic acids is 1. The summed E-state index contributed by atoms with van der Waals surface area (Å²) in [5, 5.41) is 9.16. The lowest BCUT2D eigenvalue weighted by Gasteiger charge is -2.23. The second kappa shape index (κ2) is 8.35. The Morgan fingerprint density at radius 1 is 1.09 bits per heavy atom. The Morgan fingerprint density at radius 2 is 1.81 bits per heavy atom. The van der Waals surface area contributed by atoms with Gasteiger partial charge in [-0.2, -0.15) is 0 Å². The van der Waals surface area contributed by atoms with E-state index in [1.54, 1.807) is 0 Å². The fraction of sp³-hybridized carbons (Fsp3) is 0.261. The zero-order chi connectivity index (χ0) is 22.9. The normalized spacial score (nSPS) is 12.6. The number of ether oxygens (including phenoxy) is 1. The van der Waals surface area contributed by atoms with Crippen molar-refractivity contribution in [1.82, 2.24) is 15.5 Å². The molecule has 0 spiro atoms. The van der Waals surface area contributed by atoms with Crippen molar-refractivity contribution >= 4 is 17.5 Å². The van der Waals surface area contributed by atoms with Crippen molar-refractivity contribution in [2.75, 3.05) is 17.5 Å². The second-order valence-electron chi connectivity index (χ2n) is 8.19. The molecule has 0 bridgehead atoms. The first kappa shape index (κ1) is 21.4. The number of anilines is 2. The number of fused-ring (bicyclic) bond motifs is 1. The van der Waals surface area contributed by atoms with Crippen LogP contribution >= 0.6 is 0 Å². The standard InChI is InChI=1S/C23H25N5O4/c1-4-32-17-11-14(13-5-8-15(9-6-13)23(2,3)12-18(29)30)7-10-16(17)20-24-21-19(22(31)25-20)26-28-27-21/h5-11,26,28H,4,12H2,1-3H3,(H,29,30)(H2,24,25,27,31). The molecule has 0 saturated carbocycles. The maximum Gasteiger partial charge on any atom is 0.304 e. The number of carboxylic acids is 1. The zero-order valence-corrected chi connectivity index (χ0v) is 18.1. The van der Waals surface area contributed by atoms with E-state index in [-0.39, 0.29) is 12.0 Å². The number of hydrogen-bond acceptors (Lipinski definition) is 7. The number of carboxylic acid groups (broad SMARTS) is 1. The molecule has 166 valence electrons. The lowest BCUT2D eigenvalue weighted by Crippen LogP contribution is -2.21. The molecule has 4 rings (SSSR count). The predicted molar refractivity (Wildman–Crippen MR) is 123 cm³/mol. The molecule has 0 aliphatic carbocycles. The van der Waals surface area contributed by atoms with Gasteiger partial charge >= 0.3 is 5.97 Å². The summed E-state index contributed by atoms with van der Waals surface area (Å²) in [7, 11) is 0. The smallest absolute Gasteiger partial charge is 0.304 e. The van der Waals surface area contributed by atoms with Gasteiger partial charge in [0.1, 0.15) is 11.6 Å². The first-order valence-electron chi connectivity index (χ1n) is 10.3. The van der Waals surface area contributed by atoms with Crippen molar-refractivity contribution in [3.63, 3.8) is 0 Å². The van der Waals surface area contributed by atoms with Crippen LogP contribution in [0.1, 0.15) is 32.8 Å². The molecule has 1 aliphatic rings. The zero-order valence-electron chi connectivity index (χ0n) is 18.1. The third kappa shape index (κ3) is 4.15. The number of aromatic amines is 1. The minimum atomic E-state index is -0.823. The molecule has 9 nitrogen and oxygen atoms in total. The van der Waals surface area contributed by atoms with Gasteiger partial charge in [-0.15, -0.1) is 5.53 Å². The van der Waals surface area contributed by atoms with Crippen LogP contribution in [0.3, 0.4) is 0 Å². The lowest BCUT2D eigenvalue weighted by atomic mass is 9.81. The quantitative estimate of drug-likeness (QED) is 0.381. The summed E-state index contributed by atoms with van der Waals surface area (Å²) in [6, 6.07) is 13.6. The summed E-state index contributed by atoms with van der Waals surface area (Å²) in [4.78, 5) is 30.7. The molecular formula is C23H25N5O4. The lowest BCUT2D eigenvalue weighted by molar-refractivity contribution is -0.138. The van der Waals surface area contributed by atoms with Crippen LogP contribution in [0.15, 0.2) is 47.3 Å². The van der Waals surface area contributed by atoms with E-state index in [2.05, 4.69) is 26.4 Å². The first-order chi connectivity index (χ1) is 15.3. The molecule has 0 unspecified atom stereocenters. The van der Waals surface area contributed by atoms with Crippen LogP contribution in [-0.2, 0) is 10.2 Å². The van der Waals surface area contributed by atoms with Crippen LogP contribution < -0.4 is 26.7 Å². The highest BCUT2D eigenvalue weighted by atomic mass is 16.5. The fourth-order valence-electron chi connectivity index (χ4n) is 3.73. The van der Waals surface area contributed by atoms with Gasteiger partial charge in [0, 0.05) is 5.41 Å². The number of H-pyrrole nitrogens is 1. The van der Waals surface area contributed by atoms with Crippen molar-refractivity contribution in [3.8, 4) is 28.3 Å². The average Bonchev–Trinajstić information content (AvgIpc) is 3.22. The number of aromatic nitrogens is 2.